The van der Waals surface area contributed by atoms with Gasteiger partial charge in [-0.3, -0.25) is 4.79 Å². The van der Waals surface area contributed by atoms with Gasteiger partial charge in [-0.05, 0) is 51.1 Å². The van der Waals surface area contributed by atoms with Gasteiger partial charge in [0.1, 0.15) is 0 Å². The van der Waals surface area contributed by atoms with Crippen molar-refractivity contribution in [1.82, 2.24) is 4.90 Å². The van der Waals surface area contributed by atoms with E-state index in [1.165, 1.54) is 89.9 Å². The average Bonchev–Trinajstić information content (AvgIpc) is 3.07. The summed E-state index contributed by atoms with van der Waals surface area (Å²) in [5.41, 5.74) is -0.0951. The fourth-order valence-corrected chi connectivity index (χ4v) is 4.88. The van der Waals surface area contributed by atoms with E-state index in [4.69, 9.17) is 0 Å². The lowest BCUT2D eigenvalue weighted by Gasteiger charge is -2.27. The van der Waals surface area contributed by atoms with E-state index in [9.17, 15) is 4.79 Å². The summed E-state index contributed by atoms with van der Waals surface area (Å²) in [5, 5.41) is 0. The van der Waals surface area contributed by atoms with Crippen LogP contribution in [0.1, 0.15) is 122 Å². The zero-order valence-electron chi connectivity index (χ0n) is 19.9. The summed E-state index contributed by atoms with van der Waals surface area (Å²) < 4.78 is 0. The largest absolute Gasteiger partial charge is 0.319 e. The second-order valence-corrected chi connectivity index (χ2v) is 9.32. The van der Waals surface area contributed by atoms with Crippen LogP contribution in [0.2, 0.25) is 0 Å². The number of carbonyl (C=O) groups excluding carboxylic acids is 1. The van der Waals surface area contributed by atoms with E-state index >= 15 is 0 Å². The normalized spacial score (nSPS) is 15.5. The molecule has 1 aliphatic heterocycles. The lowest BCUT2D eigenvalue weighted by molar-refractivity contribution is -0.134. The molecule has 172 valence electrons. The third kappa shape index (κ3) is 10.6. The van der Waals surface area contributed by atoms with E-state index in [1.807, 2.05) is 17.1 Å². The summed E-state index contributed by atoms with van der Waals surface area (Å²) in [6, 6.07) is 0. The Morgan fingerprint density at radius 2 is 1.07 bits per heavy atom. The van der Waals surface area contributed by atoms with Gasteiger partial charge in [0.25, 0.3) is 0 Å². The SMILES string of the molecule is C=CCCCCCCCCCC1(CCCCCCCCCC=C)CCN(C=C)C1=O. The van der Waals surface area contributed by atoms with Crippen LogP contribution in [0.5, 0.6) is 0 Å². The number of nitrogens with zero attached hydrogens (tertiary/aromatic N) is 1. The summed E-state index contributed by atoms with van der Waals surface area (Å²) in [5.74, 6) is 0.353. The van der Waals surface area contributed by atoms with Gasteiger partial charge in [0.2, 0.25) is 5.91 Å². The minimum atomic E-state index is -0.0951. The van der Waals surface area contributed by atoms with Crippen LogP contribution in [-0.4, -0.2) is 17.4 Å². The topological polar surface area (TPSA) is 20.3 Å². The molecule has 1 rings (SSSR count). The highest BCUT2D eigenvalue weighted by Crippen LogP contribution is 2.42. The van der Waals surface area contributed by atoms with E-state index < -0.39 is 0 Å². The van der Waals surface area contributed by atoms with E-state index in [0.29, 0.717) is 5.91 Å². The highest BCUT2D eigenvalue weighted by molar-refractivity contribution is 5.85. The Balaban J connectivity index is 2.25. The molecule has 0 aromatic rings. The van der Waals surface area contributed by atoms with Gasteiger partial charge >= 0.3 is 0 Å². The number of hydrogen-bond donors (Lipinski definition) is 0. The number of allylic oxidation sites excluding steroid dienone is 2. The Morgan fingerprint density at radius 1 is 0.667 bits per heavy atom. The van der Waals surface area contributed by atoms with Crippen LogP contribution in [0.25, 0.3) is 0 Å². The maximum atomic E-state index is 13.0. The molecule has 1 amide bonds. The average molecular weight is 416 g/mol. The molecule has 30 heavy (non-hydrogen) atoms. The minimum absolute atomic E-state index is 0.0951. The molecular formula is C28H49NO. The van der Waals surface area contributed by atoms with Gasteiger partial charge in [-0.2, -0.15) is 0 Å². The van der Waals surface area contributed by atoms with Crippen molar-refractivity contribution in [3.63, 3.8) is 0 Å². The highest BCUT2D eigenvalue weighted by atomic mass is 16.2. The quantitative estimate of drug-likeness (QED) is 0.135. The molecule has 1 saturated heterocycles. The molecule has 0 saturated carbocycles. The van der Waals surface area contributed by atoms with Crippen molar-refractivity contribution in [1.29, 1.82) is 0 Å². The van der Waals surface area contributed by atoms with E-state index in [0.717, 1.165) is 38.6 Å². The number of hydrogen-bond acceptors (Lipinski definition) is 1. The summed E-state index contributed by atoms with van der Waals surface area (Å²) in [7, 11) is 0. The van der Waals surface area contributed by atoms with Crippen LogP contribution >= 0.6 is 0 Å². The predicted octanol–water partition coefficient (Wildman–Crippen LogP) is 8.74. The molecule has 1 aliphatic rings. The van der Waals surface area contributed by atoms with Crippen molar-refractivity contribution in [3.8, 4) is 0 Å². The van der Waals surface area contributed by atoms with E-state index in [-0.39, 0.29) is 5.41 Å². The Hall–Kier alpha value is -1.31. The van der Waals surface area contributed by atoms with Crippen molar-refractivity contribution in [2.45, 2.75) is 122 Å². The minimum Gasteiger partial charge on any atom is -0.319 e. The first-order chi connectivity index (χ1) is 14.7. The van der Waals surface area contributed by atoms with Gasteiger partial charge in [0.05, 0.1) is 5.41 Å². The Kier molecular flexibility index (Phi) is 15.5. The molecule has 0 spiro atoms. The summed E-state index contributed by atoms with van der Waals surface area (Å²) in [6.07, 6.45) is 29.4. The standard InChI is InChI=1S/C28H49NO/c1-4-7-9-11-13-15-17-19-21-23-28(25-26-29(6-3)27(28)30)24-22-20-18-16-14-12-10-8-5-2/h4-6H,1-3,7-26H2. The third-order valence-electron chi connectivity index (χ3n) is 6.89. The van der Waals surface area contributed by atoms with Gasteiger partial charge in [-0.25, -0.2) is 0 Å². The fourth-order valence-electron chi connectivity index (χ4n) is 4.88. The van der Waals surface area contributed by atoms with E-state index in [2.05, 4.69) is 19.7 Å². The lowest BCUT2D eigenvalue weighted by Crippen LogP contribution is -2.32. The number of unbranched alkanes of at least 4 members (excludes halogenated alkanes) is 14. The van der Waals surface area contributed by atoms with Gasteiger partial charge < -0.3 is 4.90 Å². The molecule has 1 fully saturated rings. The third-order valence-corrected chi connectivity index (χ3v) is 6.89. The van der Waals surface area contributed by atoms with Gasteiger partial charge in [0, 0.05) is 6.54 Å². The predicted molar refractivity (Wildman–Crippen MR) is 132 cm³/mol. The van der Waals surface area contributed by atoms with Crippen LogP contribution < -0.4 is 0 Å². The Morgan fingerprint density at radius 3 is 1.43 bits per heavy atom. The number of carbonyl (C=O) groups is 1. The highest BCUT2D eigenvalue weighted by Gasteiger charge is 2.44. The number of rotatable bonds is 21. The Labute approximate surface area is 187 Å². The Bertz CT molecular complexity index is 455. The second kappa shape index (κ2) is 17.4. The smallest absolute Gasteiger partial charge is 0.232 e. The first kappa shape index (κ1) is 26.7. The monoisotopic (exact) mass is 415 g/mol. The maximum Gasteiger partial charge on any atom is 0.232 e. The van der Waals surface area contributed by atoms with Crippen molar-refractivity contribution in [2.24, 2.45) is 5.41 Å². The molecule has 0 radical (unpaired) electrons. The van der Waals surface area contributed by atoms with Crippen molar-refractivity contribution in [3.05, 3.63) is 38.1 Å². The molecule has 0 aromatic carbocycles. The molecule has 0 N–H and O–H groups in total. The van der Waals surface area contributed by atoms with Gasteiger partial charge in [0.15, 0.2) is 0 Å². The zero-order valence-corrected chi connectivity index (χ0v) is 19.9. The first-order valence-electron chi connectivity index (χ1n) is 12.9. The summed E-state index contributed by atoms with van der Waals surface area (Å²) in [4.78, 5) is 14.9. The van der Waals surface area contributed by atoms with Crippen LogP contribution in [0.15, 0.2) is 38.1 Å². The molecule has 2 heteroatoms. The molecular weight excluding hydrogens is 366 g/mol. The molecule has 1 heterocycles. The van der Waals surface area contributed by atoms with Crippen LogP contribution in [-0.2, 0) is 4.79 Å². The fraction of sp³-hybridized carbons (Fsp3) is 0.750. The summed E-state index contributed by atoms with van der Waals surface area (Å²) in [6.45, 7) is 12.3. The number of amides is 1. The number of likely N-dealkylation sites (tertiary alicyclic amines) is 1. The molecule has 0 aliphatic carbocycles. The van der Waals surface area contributed by atoms with Gasteiger partial charge in [-0.15, -0.1) is 13.2 Å². The molecule has 0 unspecified atom stereocenters. The first-order valence-corrected chi connectivity index (χ1v) is 12.9. The second-order valence-electron chi connectivity index (χ2n) is 9.32. The molecule has 0 atom stereocenters. The summed E-state index contributed by atoms with van der Waals surface area (Å²) >= 11 is 0. The van der Waals surface area contributed by atoms with Crippen LogP contribution in [0.4, 0.5) is 0 Å². The molecule has 0 bridgehead atoms. The van der Waals surface area contributed by atoms with Crippen LogP contribution in [0.3, 0.4) is 0 Å². The van der Waals surface area contributed by atoms with E-state index in [1.54, 1.807) is 6.20 Å². The van der Waals surface area contributed by atoms with Crippen molar-refractivity contribution in [2.75, 3.05) is 6.54 Å². The lowest BCUT2D eigenvalue weighted by atomic mass is 9.76. The van der Waals surface area contributed by atoms with Crippen molar-refractivity contribution >= 4 is 5.91 Å². The van der Waals surface area contributed by atoms with Gasteiger partial charge in [-0.1, -0.05) is 95.8 Å². The molecule has 2 nitrogen and oxygen atoms in total. The zero-order chi connectivity index (χ0) is 21.9. The molecule has 0 aromatic heterocycles. The maximum absolute atomic E-state index is 13.0. The van der Waals surface area contributed by atoms with Crippen molar-refractivity contribution < 1.29 is 4.79 Å². The van der Waals surface area contributed by atoms with Crippen LogP contribution in [0, 0.1) is 5.41 Å².